The van der Waals surface area contributed by atoms with Crippen molar-refractivity contribution in [2.75, 3.05) is 24.6 Å². The summed E-state index contributed by atoms with van der Waals surface area (Å²) < 4.78 is 28.5. The largest absolute Gasteiger partial charge is 0.444 e. The standard InChI is InChI=1S/C16H30N2O4S/c1-16(2,3)22-15(19)18-9-5-4-6-14(18)12-17-13-7-10-23(20,21)11-8-13/h13-14,17H,4-12H2,1-3H3. The predicted molar refractivity (Wildman–Crippen MR) is 90.3 cm³/mol. The molecular weight excluding hydrogens is 316 g/mol. The lowest BCUT2D eigenvalue weighted by Gasteiger charge is -2.38. The van der Waals surface area contributed by atoms with Crippen molar-refractivity contribution in [1.29, 1.82) is 0 Å². The summed E-state index contributed by atoms with van der Waals surface area (Å²) in [6.07, 6.45) is 4.19. The third kappa shape index (κ3) is 5.95. The van der Waals surface area contributed by atoms with Gasteiger partial charge in [0.25, 0.3) is 0 Å². The Kier molecular flexibility index (Phi) is 5.94. The minimum absolute atomic E-state index is 0.136. The van der Waals surface area contributed by atoms with Crippen LogP contribution >= 0.6 is 0 Å². The van der Waals surface area contributed by atoms with Crippen molar-refractivity contribution in [3.8, 4) is 0 Å². The van der Waals surface area contributed by atoms with E-state index in [1.165, 1.54) is 0 Å². The van der Waals surface area contributed by atoms with Gasteiger partial charge in [0.2, 0.25) is 0 Å². The van der Waals surface area contributed by atoms with E-state index in [1.54, 1.807) is 0 Å². The van der Waals surface area contributed by atoms with E-state index >= 15 is 0 Å². The molecule has 0 aromatic rings. The fourth-order valence-corrected chi connectivity index (χ4v) is 4.66. The highest BCUT2D eigenvalue weighted by Gasteiger charge is 2.31. The first-order chi connectivity index (χ1) is 10.7. The number of likely N-dealkylation sites (tertiary alicyclic amines) is 1. The number of hydrogen-bond acceptors (Lipinski definition) is 5. The van der Waals surface area contributed by atoms with Crippen LogP contribution in [0.15, 0.2) is 0 Å². The van der Waals surface area contributed by atoms with E-state index in [0.717, 1.165) is 25.8 Å². The lowest BCUT2D eigenvalue weighted by atomic mass is 10.0. The second-order valence-corrected chi connectivity index (χ2v) is 9.96. The Hall–Kier alpha value is -0.820. The van der Waals surface area contributed by atoms with Gasteiger partial charge in [-0.3, -0.25) is 0 Å². The Balaban J connectivity index is 1.85. The highest BCUT2D eigenvalue weighted by atomic mass is 32.2. The molecule has 1 amide bonds. The topological polar surface area (TPSA) is 75.7 Å². The van der Waals surface area contributed by atoms with Gasteiger partial charge in [-0.05, 0) is 52.9 Å². The van der Waals surface area contributed by atoms with Gasteiger partial charge in [-0.25, -0.2) is 13.2 Å². The number of nitrogens with zero attached hydrogens (tertiary/aromatic N) is 1. The number of carbonyl (C=O) groups is 1. The van der Waals surface area contributed by atoms with Crippen LogP contribution in [-0.2, 0) is 14.6 Å². The lowest BCUT2D eigenvalue weighted by Crippen LogP contribution is -2.52. The summed E-state index contributed by atoms with van der Waals surface area (Å²) in [5, 5.41) is 3.46. The molecule has 23 heavy (non-hydrogen) atoms. The number of amides is 1. The number of carbonyl (C=O) groups excluding carboxylic acids is 1. The van der Waals surface area contributed by atoms with Crippen LogP contribution in [-0.4, -0.2) is 61.7 Å². The summed E-state index contributed by atoms with van der Waals surface area (Å²) in [4.78, 5) is 14.2. The number of rotatable bonds is 3. The zero-order chi connectivity index (χ0) is 17.1. The number of hydrogen-bond donors (Lipinski definition) is 1. The minimum Gasteiger partial charge on any atom is -0.444 e. The Labute approximate surface area is 139 Å². The van der Waals surface area contributed by atoms with Gasteiger partial charge in [0.05, 0.1) is 11.5 Å². The third-order valence-electron chi connectivity index (χ3n) is 4.45. The van der Waals surface area contributed by atoms with Crippen LogP contribution in [0.3, 0.4) is 0 Å². The van der Waals surface area contributed by atoms with Crippen molar-refractivity contribution in [3.63, 3.8) is 0 Å². The lowest BCUT2D eigenvalue weighted by molar-refractivity contribution is 0.00963. The smallest absolute Gasteiger partial charge is 0.410 e. The maximum Gasteiger partial charge on any atom is 0.410 e. The Morgan fingerprint density at radius 2 is 1.83 bits per heavy atom. The maximum atomic E-state index is 12.4. The molecule has 0 radical (unpaired) electrons. The third-order valence-corrected chi connectivity index (χ3v) is 6.17. The van der Waals surface area contributed by atoms with E-state index in [2.05, 4.69) is 5.32 Å². The summed E-state index contributed by atoms with van der Waals surface area (Å²) in [6.45, 7) is 7.09. The fourth-order valence-electron chi connectivity index (χ4n) is 3.17. The summed E-state index contributed by atoms with van der Waals surface area (Å²) in [5.41, 5.74) is -0.482. The first-order valence-corrected chi connectivity index (χ1v) is 10.4. The van der Waals surface area contributed by atoms with Gasteiger partial charge in [0, 0.05) is 25.2 Å². The first kappa shape index (κ1) is 18.5. The van der Waals surface area contributed by atoms with E-state index in [-0.39, 0.29) is 29.7 Å². The number of ether oxygens (including phenoxy) is 1. The molecule has 7 heteroatoms. The molecule has 134 valence electrons. The molecule has 0 aromatic heterocycles. The number of sulfone groups is 1. The highest BCUT2D eigenvalue weighted by Crippen LogP contribution is 2.21. The molecule has 2 saturated heterocycles. The van der Waals surface area contributed by atoms with Crippen molar-refractivity contribution < 1.29 is 17.9 Å². The number of piperidine rings is 1. The van der Waals surface area contributed by atoms with Gasteiger partial charge >= 0.3 is 6.09 Å². The van der Waals surface area contributed by atoms with Crippen molar-refractivity contribution in [1.82, 2.24) is 10.2 Å². The van der Waals surface area contributed by atoms with Gasteiger partial charge < -0.3 is 15.0 Å². The van der Waals surface area contributed by atoms with E-state index in [4.69, 9.17) is 4.74 Å². The van der Waals surface area contributed by atoms with Crippen LogP contribution in [0.25, 0.3) is 0 Å². The molecule has 0 bridgehead atoms. The Morgan fingerprint density at radius 1 is 1.17 bits per heavy atom. The van der Waals surface area contributed by atoms with E-state index in [9.17, 15) is 13.2 Å². The van der Waals surface area contributed by atoms with Gasteiger partial charge in [-0.2, -0.15) is 0 Å². The normalized spacial score (nSPS) is 26.0. The first-order valence-electron chi connectivity index (χ1n) is 8.60. The maximum absolute atomic E-state index is 12.4. The van der Waals surface area contributed by atoms with Crippen molar-refractivity contribution in [3.05, 3.63) is 0 Å². The molecule has 0 aromatic carbocycles. The molecule has 2 fully saturated rings. The second-order valence-electron chi connectivity index (χ2n) is 7.66. The van der Waals surface area contributed by atoms with Crippen LogP contribution in [0.5, 0.6) is 0 Å². The van der Waals surface area contributed by atoms with Crippen molar-refractivity contribution in [2.45, 2.75) is 70.6 Å². The fraction of sp³-hybridized carbons (Fsp3) is 0.938. The van der Waals surface area contributed by atoms with E-state index in [1.807, 2.05) is 25.7 Å². The average molecular weight is 346 g/mol. The highest BCUT2D eigenvalue weighted by molar-refractivity contribution is 7.91. The van der Waals surface area contributed by atoms with Crippen LogP contribution in [0.1, 0.15) is 52.9 Å². The van der Waals surface area contributed by atoms with Crippen LogP contribution in [0, 0.1) is 0 Å². The Bertz CT molecular complexity index is 499. The van der Waals surface area contributed by atoms with Gasteiger partial charge in [-0.15, -0.1) is 0 Å². The summed E-state index contributed by atoms with van der Waals surface area (Å²) in [6, 6.07) is 0.373. The molecule has 2 rings (SSSR count). The zero-order valence-electron chi connectivity index (χ0n) is 14.5. The predicted octanol–water partition coefficient (Wildman–Crippen LogP) is 1.94. The molecule has 2 aliphatic rings. The molecule has 0 saturated carbocycles. The minimum atomic E-state index is -2.83. The van der Waals surface area contributed by atoms with Crippen LogP contribution < -0.4 is 5.32 Å². The average Bonchev–Trinajstić information content (AvgIpc) is 2.44. The monoisotopic (exact) mass is 346 g/mol. The molecule has 2 aliphatic heterocycles. The quantitative estimate of drug-likeness (QED) is 0.845. The summed E-state index contributed by atoms with van der Waals surface area (Å²) in [5.74, 6) is 0.538. The van der Waals surface area contributed by atoms with Gasteiger partial charge in [0.1, 0.15) is 15.4 Å². The van der Waals surface area contributed by atoms with Gasteiger partial charge in [0.15, 0.2) is 0 Å². The Morgan fingerprint density at radius 3 is 2.43 bits per heavy atom. The van der Waals surface area contributed by atoms with E-state index in [0.29, 0.717) is 19.4 Å². The molecule has 1 atom stereocenters. The second kappa shape index (κ2) is 7.38. The molecule has 0 aliphatic carbocycles. The summed E-state index contributed by atoms with van der Waals surface area (Å²) in [7, 11) is -2.83. The SMILES string of the molecule is CC(C)(C)OC(=O)N1CCCCC1CNC1CCS(=O)(=O)CC1. The molecule has 0 spiro atoms. The summed E-state index contributed by atoms with van der Waals surface area (Å²) >= 11 is 0. The van der Waals surface area contributed by atoms with Crippen molar-refractivity contribution in [2.24, 2.45) is 0 Å². The van der Waals surface area contributed by atoms with E-state index < -0.39 is 15.4 Å². The molecular formula is C16H30N2O4S. The van der Waals surface area contributed by atoms with Crippen molar-refractivity contribution >= 4 is 15.9 Å². The van der Waals surface area contributed by atoms with Crippen LogP contribution in [0.2, 0.25) is 0 Å². The molecule has 6 nitrogen and oxygen atoms in total. The molecule has 2 heterocycles. The van der Waals surface area contributed by atoms with Crippen LogP contribution in [0.4, 0.5) is 4.79 Å². The molecule has 1 N–H and O–H groups in total. The van der Waals surface area contributed by atoms with Gasteiger partial charge in [-0.1, -0.05) is 0 Å². The molecule has 1 unspecified atom stereocenters. The number of nitrogens with one attached hydrogen (secondary N) is 1. The zero-order valence-corrected chi connectivity index (χ0v) is 15.3.